The summed E-state index contributed by atoms with van der Waals surface area (Å²) in [4.78, 5) is 9.01. The Morgan fingerprint density at radius 2 is 2.33 bits per heavy atom. The lowest BCUT2D eigenvalue weighted by Crippen LogP contribution is -2.32. The number of nitrogens with one attached hydrogen (secondary N) is 1. The van der Waals surface area contributed by atoms with Crippen LogP contribution in [0, 0.1) is 0 Å². The van der Waals surface area contributed by atoms with E-state index in [1.165, 1.54) is 29.9 Å². The quantitative estimate of drug-likeness (QED) is 0.898. The van der Waals surface area contributed by atoms with Gasteiger partial charge in [0.25, 0.3) is 0 Å². The third-order valence-electron chi connectivity index (χ3n) is 3.66. The minimum Gasteiger partial charge on any atom is -0.323 e. The van der Waals surface area contributed by atoms with E-state index in [-0.39, 0.29) is 0 Å². The summed E-state index contributed by atoms with van der Waals surface area (Å²) < 4.78 is 2.45. The van der Waals surface area contributed by atoms with E-state index in [4.69, 9.17) is 4.98 Å². The lowest BCUT2D eigenvalue weighted by molar-refractivity contribution is 0.532. The summed E-state index contributed by atoms with van der Waals surface area (Å²) >= 11 is 2.02. The van der Waals surface area contributed by atoms with Gasteiger partial charge in [0, 0.05) is 30.3 Å². The molecular formula is C13H16N4S. The number of hydrogen-bond donors (Lipinski definition) is 1. The minimum absolute atomic E-state index is 0.400. The lowest BCUT2D eigenvalue weighted by atomic mass is 10.3. The molecule has 2 aromatic rings. The first-order valence-corrected chi connectivity index (χ1v) is 7.72. The van der Waals surface area contributed by atoms with Crippen molar-refractivity contribution < 1.29 is 0 Å². The van der Waals surface area contributed by atoms with Crippen LogP contribution in [0.1, 0.15) is 30.7 Å². The fourth-order valence-electron chi connectivity index (χ4n) is 2.66. The Morgan fingerprint density at radius 3 is 3.11 bits per heavy atom. The van der Waals surface area contributed by atoms with E-state index in [1.807, 2.05) is 24.2 Å². The zero-order valence-electron chi connectivity index (χ0n) is 10.2. The molecule has 4 rings (SSSR count). The molecule has 0 aromatic carbocycles. The maximum absolute atomic E-state index is 4.82. The normalized spacial score (nSPS) is 24.6. The molecule has 1 aliphatic heterocycles. The van der Waals surface area contributed by atoms with Crippen molar-refractivity contribution in [3.05, 3.63) is 24.3 Å². The maximum Gasteiger partial charge on any atom is 0.128 e. The topological polar surface area (TPSA) is 42.7 Å². The Balaban J connectivity index is 1.84. The highest BCUT2D eigenvalue weighted by Gasteiger charge is 2.31. The zero-order valence-corrected chi connectivity index (χ0v) is 11.0. The Kier molecular flexibility index (Phi) is 2.55. The molecule has 1 saturated heterocycles. The Morgan fingerprint density at radius 1 is 1.39 bits per heavy atom. The molecule has 94 valence electrons. The van der Waals surface area contributed by atoms with Gasteiger partial charge in [0.1, 0.15) is 11.3 Å². The molecule has 0 bridgehead atoms. The standard InChI is InChI=1S/C13H16N4S/c1-2-9(1)17-12-3-4-14-7-10(12)16-13(17)11-8-18-6-5-15-11/h3-4,7,9,11,15H,1-2,5-6,8H2. The molecule has 1 unspecified atom stereocenters. The summed E-state index contributed by atoms with van der Waals surface area (Å²) in [6.45, 7) is 1.08. The maximum atomic E-state index is 4.82. The number of pyridine rings is 1. The zero-order chi connectivity index (χ0) is 11.9. The van der Waals surface area contributed by atoms with E-state index in [0.717, 1.165) is 17.8 Å². The molecule has 4 nitrogen and oxygen atoms in total. The average molecular weight is 260 g/mol. The van der Waals surface area contributed by atoms with Gasteiger partial charge in [-0.05, 0) is 18.9 Å². The largest absolute Gasteiger partial charge is 0.323 e. The number of rotatable bonds is 2. The molecule has 2 aliphatic rings. The first-order valence-electron chi connectivity index (χ1n) is 6.56. The number of thioether (sulfide) groups is 1. The van der Waals surface area contributed by atoms with Crippen molar-refractivity contribution in [3.63, 3.8) is 0 Å². The number of nitrogens with zero attached hydrogens (tertiary/aromatic N) is 3. The molecule has 0 spiro atoms. The van der Waals surface area contributed by atoms with Gasteiger partial charge in [-0.1, -0.05) is 0 Å². The molecule has 5 heteroatoms. The summed E-state index contributed by atoms with van der Waals surface area (Å²) in [6.07, 6.45) is 6.34. The van der Waals surface area contributed by atoms with Crippen molar-refractivity contribution in [2.45, 2.75) is 24.9 Å². The number of imidazole rings is 1. The first kappa shape index (κ1) is 10.8. The van der Waals surface area contributed by atoms with Crippen molar-refractivity contribution >= 4 is 22.8 Å². The highest BCUT2D eigenvalue weighted by atomic mass is 32.2. The highest BCUT2D eigenvalue weighted by Crippen LogP contribution is 2.40. The minimum atomic E-state index is 0.400. The number of aromatic nitrogens is 3. The molecule has 3 heterocycles. The summed E-state index contributed by atoms with van der Waals surface area (Å²) in [5.41, 5.74) is 2.29. The van der Waals surface area contributed by atoms with Crippen LogP contribution in [0.2, 0.25) is 0 Å². The second-order valence-electron chi connectivity index (χ2n) is 5.02. The molecule has 2 aromatic heterocycles. The average Bonchev–Trinajstić information content (AvgIpc) is 3.19. The van der Waals surface area contributed by atoms with Crippen LogP contribution in [0.15, 0.2) is 18.5 Å². The van der Waals surface area contributed by atoms with E-state index in [9.17, 15) is 0 Å². The Labute approximate surface area is 110 Å². The van der Waals surface area contributed by atoms with Gasteiger partial charge in [0.15, 0.2) is 0 Å². The van der Waals surface area contributed by atoms with Crippen LogP contribution in [-0.4, -0.2) is 32.6 Å². The molecule has 2 fully saturated rings. The molecule has 0 radical (unpaired) electrons. The Bertz CT molecular complexity index is 569. The van der Waals surface area contributed by atoms with E-state index >= 15 is 0 Å². The van der Waals surface area contributed by atoms with Crippen LogP contribution in [0.3, 0.4) is 0 Å². The van der Waals surface area contributed by atoms with E-state index < -0.39 is 0 Å². The van der Waals surface area contributed by atoms with Crippen LogP contribution >= 0.6 is 11.8 Å². The second-order valence-corrected chi connectivity index (χ2v) is 6.17. The van der Waals surface area contributed by atoms with Crippen molar-refractivity contribution in [1.29, 1.82) is 0 Å². The molecule has 18 heavy (non-hydrogen) atoms. The van der Waals surface area contributed by atoms with Gasteiger partial charge in [-0.2, -0.15) is 11.8 Å². The van der Waals surface area contributed by atoms with Gasteiger partial charge >= 0.3 is 0 Å². The predicted octanol–water partition coefficient (Wildman–Crippen LogP) is 2.14. The second kappa shape index (κ2) is 4.24. The van der Waals surface area contributed by atoms with Gasteiger partial charge in [-0.25, -0.2) is 4.98 Å². The SMILES string of the molecule is c1cc2c(cn1)nc(C1CSCCN1)n2C1CC1. The number of fused-ring (bicyclic) bond motifs is 1. The molecule has 1 saturated carbocycles. The smallest absolute Gasteiger partial charge is 0.128 e. The monoisotopic (exact) mass is 260 g/mol. The fourth-order valence-corrected chi connectivity index (χ4v) is 3.59. The van der Waals surface area contributed by atoms with Crippen LogP contribution in [-0.2, 0) is 0 Å². The van der Waals surface area contributed by atoms with Crippen molar-refractivity contribution in [2.75, 3.05) is 18.1 Å². The van der Waals surface area contributed by atoms with Crippen molar-refractivity contribution in [3.8, 4) is 0 Å². The van der Waals surface area contributed by atoms with Crippen LogP contribution < -0.4 is 5.32 Å². The molecule has 1 aliphatic carbocycles. The van der Waals surface area contributed by atoms with Crippen LogP contribution in [0.5, 0.6) is 0 Å². The molecule has 1 atom stereocenters. The molecular weight excluding hydrogens is 244 g/mol. The van der Waals surface area contributed by atoms with Crippen LogP contribution in [0.25, 0.3) is 11.0 Å². The van der Waals surface area contributed by atoms with E-state index in [2.05, 4.69) is 20.9 Å². The van der Waals surface area contributed by atoms with Gasteiger partial charge in [-0.15, -0.1) is 0 Å². The summed E-state index contributed by atoms with van der Waals surface area (Å²) in [6, 6.07) is 3.16. The van der Waals surface area contributed by atoms with Crippen LogP contribution in [0.4, 0.5) is 0 Å². The van der Waals surface area contributed by atoms with E-state index in [1.54, 1.807) is 0 Å². The number of hydrogen-bond acceptors (Lipinski definition) is 4. The van der Waals surface area contributed by atoms with Gasteiger partial charge in [0.05, 0.1) is 17.8 Å². The van der Waals surface area contributed by atoms with E-state index in [0.29, 0.717) is 12.1 Å². The summed E-state index contributed by atoms with van der Waals surface area (Å²) in [5.74, 6) is 3.55. The first-order chi connectivity index (χ1) is 8.93. The molecule has 0 amide bonds. The van der Waals surface area contributed by atoms with Crippen molar-refractivity contribution in [2.24, 2.45) is 0 Å². The van der Waals surface area contributed by atoms with Gasteiger partial charge in [0.2, 0.25) is 0 Å². The van der Waals surface area contributed by atoms with Crippen molar-refractivity contribution in [1.82, 2.24) is 19.9 Å². The van der Waals surface area contributed by atoms with Gasteiger partial charge < -0.3 is 9.88 Å². The predicted molar refractivity (Wildman–Crippen MR) is 73.9 cm³/mol. The Hall–Kier alpha value is -1.07. The molecule has 1 N–H and O–H groups in total. The lowest BCUT2D eigenvalue weighted by Gasteiger charge is -2.23. The third-order valence-corrected chi connectivity index (χ3v) is 4.73. The summed E-state index contributed by atoms with van der Waals surface area (Å²) in [7, 11) is 0. The highest BCUT2D eigenvalue weighted by molar-refractivity contribution is 7.99. The summed E-state index contributed by atoms with van der Waals surface area (Å²) in [5, 5.41) is 3.59. The van der Waals surface area contributed by atoms with Gasteiger partial charge in [-0.3, -0.25) is 4.98 Å². The fraction of sp³-hybridized carbons (Fsp3) is 0.538. The third kappa shape index (κ3) is 1.73.